The van der Waals surface area contributed by atoms with E-state index >= 15 is 0 Å². The molecule has 3 rings (SSSR count). The first-order chi connectivity index (χ1) is 14.9. The number of nitrogens with two attached hydrogens (primary N) is 1. The predicted molar refractivity (Wildman–Crippen MR) is 129 cm³/mol. The van der Waals surface area contributed by atoms with E-state index in [1.165, 1.54) is 12.3 Å². The fourth-order valence-corrected chi connectivity index (χ4v) is 3.76. The van der Waals surface area contributed by atoms with Crippen molar-refractivity contribution in [3.8, 4) is 0 Å². The maximum Gasteiger partial charge on any atom is 0.220 e. The summed E-state index contributed by atoms with van der Waals surface area (Å²) in [6, 6.07) is 6.59. The second-order valence-corrected chi connectivity index (χ2v) is 7.32. The van der Waals surface area contributed by atoms with Crippen LogP contribution in [0.15, 0.2) is 61.3 Å². The van der Waals surface area contributed by atoms with Crippen molar-refractivity contribution in [1.29, 1.82) is 0 Å². The lowest BCUT2D eigenvalue weighted by Gasteiger charge is -2.33. The molecule has 1 heterocycles. The molecule has 2 unspecified atom stereocenters. The number of hydrogen-bond donors (Lipinski definition) is 3. The third-order valence-electron chi connectivity index (χ3n) is 5.35. The average Bonchev–Trinajstić information content (AvgIpc) is 3.44. The molecule has 5 heteroatoms. The van der Waals surface area contributed by atoms with Crippen LogP contribution in [0.1, 0.15) is 71.8 Å². The van der Waals surface area contributed by atoms with Gasteiger partial charge in [-0.3, -0.25) is 4.79 Å². The minimum absolute atomic E-state index is 0.00751. The Morgan fingerprint density at radius 3 is 2.29 bits per heavy atom. The summed E-state index contributed by atoms with van der Waals surface area (Å²) >= 11 is 0. The number of carbonyl (C=O) groups excluding carboxylic acids is 1. The van der Waals surface area contributed by atoms with Crippen LogP contribution in [0.4, 0.5) is 4.39 Å². The monoisotopic (exact) mass is 432 g/mol. The van der Waals surface area contributed by atoms with Gasteiger partial charge in [0.1, 0.15) is 5.82 Å². The molecule has 0 radical (unpaired) electrons. The Bertz CT molecular complexity index is 690. The first-order valence-electron chi connectivity index (χ1n) is 11.2. The van der Waals surface area contributed by atoms with Crippen LogP contribution in [-0.2, 0) is 10.2 Å². The fourth-order valence-electron chi connectivity index (χ4n) is 3.76. The first kappa shape index (κ1) is 28.6. The smallest absolute Gasteiger partial charge is 0.220 e. The van der Waals surface area contributed by atoms with E-state index in [0.29, 0.717) is 6.42 Å². The van der Waals surface area contributed by atoms with E-state index in [1.807, 2.05) is 52.0 Å². The van der Waals surface area contributed by atoms with Crippen LogP contribution in [0.25, 0.3) is 0 Å². The highest BCUT2D eigenvalue weighted by Gasteiger charge is 2.41. The number of halogens is 1. The topological polar surface area (TPSA) is 75.4 Å². The molecule has 1 saturated carbocycles. The van der Waals surface area contributed by atoms with Crippen molar-refractivity contribution >= 4 is 5.91 Å². The molecule has 0 spiro atoms. The summed E-state index contributed by atoms with van der Waals surface area (Å²) in [6.07, 6.45) is 13.4. The van der Waals surface area contributed by atoms with E-state index in [0.717, 1.165) is 37.7 Å². The van der Waals surface area contributed by atoms with Crippen LogP contribution >= 0.6 is 0 Å². The van der Waals surface area contributed by atoms with Crippen LogP contribution in [0.2, 0.25) is 0 Å². The van der Waals surface area contributed by atoms with Crippen LogP contribution in [0, 0.1) is 5.82 Å². The molecule has 174 valence electrons. The molecule has 1 aliphatic carbocycles. The van der Waals surface area contributed by atoms with Crippen LogP contribution < -0.4 is 11.1 Å². The van der Waals surface area contributed by atoms with Crippen molar-refractivity contribution in [2.24, 2.45) is 5.73 Å². The highest BCUT2D eigenvalue weighted by Crippen LogP contribution is 2.44. The highest BCUT2D eigenvalue weighted by atomic mass is 19.1. The van der Waals surface area contributed by atoms with E-state index in [-0.39, 0.29) is 17.8 Å². The summed E-state index contributed by atoms with van der Waals surface area (Å²) < 4.78 is 13.6. The summed E-state index contributed by atoms with van der Waals surface area (Å²) in [4.78, 5) is 11.2. The molecule has 1 aromatic rings. The molecule has 4 N–H and O–H groups in total. The van der Waals surface area contributed by atoms with Gasteiger partial charge in [-0.25, -0.2) is 4.39 Å². The van der Waals surface area contributed by atoms with Crippen molar-refractivity contribution in [2.45, 2.75) is 83.8 Å². The normalized spacial score (nSPS) is 19.9. The molecule has 31 heavy (non-hydrogen) atoms. The molecular weight excluding hydrogens is 391 g/mol. The zero-order valence-electron chi connectivity index (χ0n) is 19.6. The second kappa shape index (κ2) is 16.3. The summed E-state index contributed by atoms with van der Waals surface area (Å²) in [5.74, 6) is -0.201. The lowest BCUT2D eigenvalue weighted by atomic mass is 9.74. The molecule has 2 atom stereocenters. The largest absolute Gasteiger partial charge is 0.405 e. The number of carbonyl (C=O) groups is 1. The minimum Gasteiger partial charge on any atom is -0.405 e. The van der Waals surface area contributed by atoms with Gasteiger partial charge >= 0.3 is 0 Å². The van der Waals surface area contributed by atoms with E-state index in [2.05, 4.69) is 17.6 Å². The molecular formula is C26H41FN2O2. The van der Waals surface area contributed by atoms with Crippen molar-refractivity contribution in [1.82, 2.24) is 5.32 Å². The van der Waals surface area contributed by atoms with Gasteiger partial charge in [-0.05, 0) is 57.0 Å². The Labute approximate surface area is 188 Å². The number of benzene rings is 1. The lowest BCUT2D eigenvalue weighted by Crippen LogP contribution is -2.36. The number of allylic oxidation sites excluding steroid dienone is 2. The maximum absolute atomic E-state index is 13.6. The lowest BCUT2D eigenvalue weighted by molar-refractivity contribution is -0.119. The van der Waals surface area contributed by atoms with Gasteiger partial charge in [-0.1, -0.05) is 69.7 Å². The summed E-state index contributed by atoms with van der Waals surface area (Å²) in [6.45, 7) is 11.1. The fraction of sp³-hybridized carbons (Fsp3) is 0.500. The summed E-state index contributed by atoms with van der Waals surface area (Å²) in [5.41, 5.74) is 5.08. The van der Waals surface area contributed by atoms with E-state index < -0.39 is 11.5 Å². The Hall–Kier alpha value is -2.40. The van der Waals surface area contributed by atoms with Crippen molar-refractivity contribution in [3.63, 3.8) is 0 Å². The summed E-state index contributed by atoms with van der Waals surface area (Å²) in [7, 11) is 0. The van der Waals surface area contributed by atoms with Gasteiger partial charge in [0.25, 0.3) is 0 Å². The Morgan fingerprint density at radius 2 is 1.84 bits per heavy atom. The second-order valence-electron chi connectivity index (χ2n) is 7.32. The predicted octanol–water partition coefficient (Wildman–Crippen LogP) is 5.53. The quantitative estimate of drug-likeness (QED) is 0.548. The zero-order valence-corrected chi connectivity index (χ0v) is 19.6. The molecule has 4 nitrogen and oxygen atoms in total. The standard InChI is InChI=1S/C18H22FNO2.C4H8.C2H5N.C2H6/c19-14-5-3-4-13(12-14)18(10-1-2-11-18)16(21)8-6-15-7-9-17(22)20-15;1-3-4-2;1-2-3;1-2/h3-6,8,12,15-16,21H,1-2,7,9-11H2,(H,20,22);3-4H,1-2H3;2H,1,3H2;1-2H3/b8-6+;4-3-;;. The maximum atomic E-state index is 13.6. The molecule has 0 aromatic heterocycles. The van der Waals surface area contributed by atoms with Crippen LogP contribution in [0.3, 0.4) is 0 Å². The molecule has 1 saturated heterocycles. The molecule has 2 fully saturated rings. The Balaban J connectivity index is 0.000000865. The third-order valence-corrected chi connectivity index (χ3v) is 5.35. The van der Waals surface area contributed by atoms with Gasteiger partial charge < -0.3 is 16.2 Å². The van der Waals surface area contributed by atoms with Gasteiger partial charge in [0, 0.05) is 17.9 Å². The third kappa shape index (κ3) is 9.52. The first-order valence-corrected chi connectivity index (χ1v) is 11.2. The van der Waals surface area contributed by atoms with Gasteiger partial charge in [0.2, 0.25) is 5.91 Å². The molecule has 2 aliphatic rings. The number of aliphatic hydroxyl groups excluding tert-OH is 1. The molecule has 0 bridgehead atoms. The van der Waals surface area contributed by atoms with E-state index in [1.54, 1.807) is 18.2 Å². The average molecular weight is 433 g/mol. The number of aliphatic hydroxyl groups is 1. The molecule has 1 amide bonds. The van der Waals surface area contributed by atoms with Crippen molar-refractivity contribution < 1.29 is 14.3 Å². The van der Waals surface area contributed by atoms with Gasteiger partial charge in [-0.2, -0.15) is 0 Å². The van der Waals surface area contributed by atoms with Gasteiger partial charge in [0.15, 0.2) is 0 Å². The SMILES string of the molecule is C/C=C\C.C=CN.CC.O=C1CCC(/C=C/C(O)C2(c3cccc(F)c3)CCCC2)N1. The number of nitrogens with one attached hydrogen (secondary N) is 1. The number of rotatable bonds is 4. The van der Waals surface area contributed by atoms with Gasteiger partial charge in [-0.15, -0.1) is 0 Å². The Kier molecular flexibility index (Phi) is 15.0. The summed E-state index contributed by atoms with van der Waals surface area (Å²) in [5, 5.41) is 13.6. The van der Waals surface area contributed by atoms with Crippen LogP contribution in [0.5, 0.6) is 0 Å². The van der Waals surface area contributed by atoms with Crippen LogP contribution in [-0.4, -0.2) is 23.2 Å². The molecule has 1 aromatic carbocycles. The molecule has 1 aliphatic heterocycles. The Morgan fingerprint density at radius 1 is 1.26 bits per heavy atom. The number of hydrogen-bond acceptors (Lipinski definition) is 3. The van der Waals surface area contributed by atoms with Crippen molar-refractivity contribution in [3.05, 3.63) is 72.7 Å². The van der Waals surface area contributed by atoms with E-state index in [9.17, 15) is 14.3 Å². The van der Waals surface area contributed by atoms with Crippen molar-refractivity contribution in [2.75, 3.05) is 0 Å². The zero-order chi connectivity index (χ0) is 23.7. The highest BCUT2D eigenvalue weighted by molar-refractivity contribution is 5.78. The minimum atomic E-state index is -0.658. The van der Waals surface area contributed by atoms with Gasteiger partial charge in [0.05, 0.1) is 6.10 Å². The number of amides is 1. The van der Waals surface area contributed by atoms with E-state index in [4.69, 9.17) is 0 Å².